The number of carbonyl (C=O) groups excluding carboxylic acids is 2. The lowest BCUT2D eigenvalue weighted by Crippen LogP contribution is -2.47. The first-order valence-electron chi connectivity index (χ1n) is 17.7. The van der Waals surface area contributed by atoms with Gasteiger partial charge in [-0.25, -0.2) is 0 Å². The molecule has 2 saturated carbocycles. The van der Waals surface area contributed by atoms with Gasteiger partial charge in [0.05, 0.1) is 25.3 Å². The summed E-state index contributed by atoms with van der Waals surface area (Å²) in [5.41, 5.74) is 0.547. The molecule has 4 fully saturated rings. The molecule has 0 unspecified atom stereocenters. The van der Waals surface area contributed by atoms with Crippen LogP contribution in [0, 0.1) is 34.5 Å². The molecule has 4 rings (SSSR count). The third-order valence-electron chi connectivity index (χ3n) is 11.5. The average Bonchev–Trinajstić information content (AvgIpc) is 3.27. The monoisotopic (exact) mass is 591 g/mol. The number of carbonyl (C=O) groups is 2. The fraction of sp³-hybridized carbons (Fsp3) is 0.944. The normalized spacial score (nSPS) is 27.5. The van der Waals surface area contributed by atoms with Crippen LogP contribution in [0.1, 0.15) is 144 Å². The van der Waals surface area contributed by atoms with Crippen LogP contribution in [0.5, 0.6) is 0 Å². The van der Waals surface area contributed by atoms with Gasteiger partial charge >= 0.3 is 0 Å². The van der Waals surface area contributed by atoms with Crippen molar-refractivity contribution >= 4 is 11.8 Å². The van der Waals surface area contributed by atoms with Crippen LogP contribution in [0.3, 0.4) is 0 Å². The molecule has 0 aromatic carbocycles. The predicted molar refractivity (Wildman–Crippen MR) is 172 cm³/mol. The first-order chi connectivity index (χ1) is 19.9. The Balaban J connectivity index is 0.000000230. The summed E-state index contributed by atoms with van der Waals surface area (Å²) >= 11 is 0. The fourth-order valence-electron chi connectivity index (χ4n) is 8.49. The van der Waals surface area contributed by atoms with Crippen LogP contribution in [-0.2, 0) is 9.59 Å². The Morgan fingerprint density at radius 1 is 0.571 bits per heavy atom. The molecule has 42 heavy (non-hydrogen) atoms. The lowest BCUT2D eigenvalue weighted by atomic mass is 9.76. The summed E-state index contributed by atoms with van der Waals surface area (Å²) in [7, 11) is 0. The molecule has 2 aliphatic heterocycles. The second kappa shape index (κ2) is 16.3. The Morgan fingerprint density at radius 2 is 0.905 bits per heavy atom. The minimum absolute atomic E-state index is 0.0662. The van der Waals surface area contributed by atoms with Gasteiger partial charge in [0.15, 0.2) is 0 Å². The highest BCUT2D eigenvalue weighted by Gasteiger charge is 2.37. The molecule has 0 radical (unpaired) electrons. The molecule has 2 N–H and O–H groups in total. The van der Waals surface area contributed by atoms with E-state index in [-0.39, 0.29) is 47.9 Å². The van der Waals surface area contributed by atoms with Gasteiger partial charge in [-0.2, -0.15) is 0 Å². The number of aliphatic hydroxyl groups is 2. The van der Waals surface area contributed by atoms with Crippen molar-refractivity contribution in [1.82, 2.24) is 9.80 Å². The van der Waals surface area contributed by atoms with Crippen molar-refractivity contribution in [2.24, 2.45) is 34.5 Å². The van der Waals surface area contributed by atoms with Crippen molar-refractivity contribution in [1.29, 1.82) is 0 Å². The van der Waals surface area contributed by atoms with E-state index < -0.39 is 0 Å². The van der Waals surface area contributed by atoms with Gasteiger partial charge in [-0.05, 0) is 85.9 Å². The Hall–Kier alpha value is -1.14. The molecule has 2 amide bonds. The maximum Gasteiger partial charge on any atom is 0.222 e. The van der Waals surface area contributed by atoms with Crippen molar-refractivity contribution < 1.29 is 19.8 Å². The third-order valence-corrected chi connectivity index (χ3v) is 11.5. The van der Waals surface area contributed by atoms with E-state index in [2.05, 4.69) is 41.5 Å². The van der Waals surface area contributed by atoms with Crippen LogP contribution in [0.15, 0.2) is 0 Å². The van der Waals surface area contributed by atoms with Crippen LogP contribution < -0.4 is 0 Å². The van der Waals surface area contributed by atoms with Gasteiger partial charge in [0.25, 0.3) is 0 Å². The highest BCUT2D eigenvalue weighted by Crippen LogP contribution is 2.38. The number of hydrogen-bond acceptors (Lipinski definition) is 4. The highest BCUT2D eigenvalue weighted by molar-refractivity contribution is 5.77. The molecule has 6 heteroatoms. The van der Waals surface area contributed by atoms with Crippen LogP contribution in [0.4, 0.5) is 0 Å². The molecule has 6 nitrogen and oxygen atoms in total. The van der Waals surface area contributed by atoms with E-state index in [1.807, 2.05) is 9.80 Å². The van der Waals surface area contributed by atoms with Gasteiger partial charge in [0, 0.05) is 25.9 Å². The van der Waals surface area contributed by atoms with Crippen LogP contribution in [-0.4, -0.2) is 70.2 Å². The Morgan fingerprint density at radius 3 is 1.19 bits per heavy atom. The fourth-order valence-corrected chi connectivity index (χ4v) is 8.49. The van der Waals surface area contributed by atoms with E-state index in [1.54, 1.807) is 0 Å². The second-order valence-electron chi connectivity index (χ2n) is 16.3. The van der Waals surface area contributed by atoms with Crippen molar-refractivity contribution in [2.75, 3.05) is 26.3 Å². The summed E-state index contributed by atoms with van der Waals surface area (Å²) in [6, 6.07) is 0.132. The van der Waals surface area contributed by atoms with E-state index in [0.29, 0.717) is 36.5 Å². The van der Waals surface area contributed by atoms with Crippen LogP contribution >= 0.6 is 0 Å². The number of amides is 2. The molecular formula is C36H66N2O4. The molecule has 4 aliphatic rings. The second-order valence-corrected chi connectivity index (χ2v) is 16.3. The van der Waals surface area contributed by atoms with Gasteiger partial charge in [0.1, 0.15) is 0 Å². The highest BCUT2D eigenvalue weighted by atomic mass is 16.3. The zero-order valence-electron chi connectivity index (χ0n) is 28.2. The SMILES string of the molecule is CC(C)(C)[C@H]1CCC(=O)N([C@@H](CO)C2CCCCC2)CC1.CC(C)(C)[C@H]1CCC(=O)N([C@@H](CO)C2CCCCC2)CC1. The van der Waals surface area contributed by atoms with E-state index >= 15 is 0 Å². The molecule has 244 valence electrons. The number of nitrogens with zero attached hydrogens (tertiary/aromatic N) is 2. The maximum atomic E-state index is 12.5. The predicted octanol–water partition coefficient (Wildman–Crippen LogP) is 7.20. The molecule has 2 aliphatic carbocycles. The van der Waals surface area contributed by atoms with Crippen molar-refractivity contribution in [2.45, 2.75) is 156 Å². The summed E-state index contributed by atoms with van der Waals surface area (Å²) in [6.07, 6.45) is 17.9. The maximum absolute atomic E-state index is 12.5. The molecule has 2 saturated heterocycles. The summed E-state index contributed by atoms with van der Waals surface area (Å²) in [6.45, 7) is 15.6. The first-order valence-corrected chi connectivity index (χ1v) is 17.7. The van der Waals surface area contributed by atoms with E-state index in [9.17, 15) is 19.8 Å². The van der Waals surface area contributed by atoms with Gasteiger partial charge in [0.2, 0.25) is 11.8 Å². The number of rotatable bonds is 6. The van der Waals surface area contributed by atoms with E-state index in [4.69, 9.17) is 0 Å². The minimum Gasteiger partial charge on any atom is -0.394 e. The Kier molecular flexibility index (Phi) is 13.7. The largest absolute Gasteiger partial charge is 0.394 e. The van der Waals surface area contributed by atoms with Crippen molar-refractivity contribution in [3.8, 4) is 0 Å². The first kappa shape index (κ1) is 35.3. The molecule has 2 heterocycles. The lowest BCUT2D eigenvalue weighted by Gasteiger charge is -2.37. The Labute approximate surface area is 258 Å². The van der Waals surface area contributed by atoms with Crippen LogP contribution in [0.2, 0.25) is 0 Å². The van der Waals surface area contributed by atoms with E-state index in [0.717, 1.165) is 38.8 Å². The van der Waals surface area contributed by atoms with Gasteiger partial charge in [-0.15, -0.1) is 0 Å². The topological polar surface area (TPSA) is 81.1 Å². The molecule has 0 spiro atoms. The molecule has 4 atom stereocenters. The van der Waals surface area contributed by atoms with Crippen molar-refractivity contribution in [3.63, 3.8) is 0 Å². The molecule has 0 aromatic heterocycles. The number of aliphatic hydroxyl groups excluding tert-OH is 2. The zero-order valence-corrected chi connectivity index (χ0v) is 28.2. The van der Waals surface area contributed by atoms with E-state index in [1.165, 1.54) is 64.2 Å². The summed E-state index contributed by atoms with van der Waals surface area (Å²) in [5, 5.41) is 19.7. The summed E-state index contributed by atoms with van der Waals surface area (Å²) in [5.74, 6) is 2.78. The molecular weight excluding hydrogens is 524 g/mol. The van der Waals surface area contributed by atoms with Crippen LogP contribution in [0.25, 0.3) is 0 Å². The Bertz CT molecular complexity index is 751. The quantitative estimate of drug-likeness (QED) is 0.343. The van der Waals surface area contributed by atoms with Gasteiger partial charge in [-0.3, -0.25) is 9.59 Å². The minimum atomic E-state index is 0.0662. The number of likely N-dealkylation sites (tertiary alicyclic amines) is 2. The molecule has 0 aromatic rings. The zero-order chi connectivity index (χ0) is 30.9. The van der Waals surface area contributed by atoms with Gasteiger partial charge in [-0.1, -0.05) is 80.1 Å². The average molecular weight is 591 g/mol. The smallest absolute Gasteiger partial charge is 0.222 e. The lowest BCUT2D eigenvalue weighted by molar-refractivity contribution is -0.136. The van der Waals surface area contributed by atoms with Gasteiger partial charge < -0.3 is 20.0 Å². The third kappa shape index (κ3) is 9.94. The standard InChI is InChI=1S/2C18H33NO2/c2*1-18(2,3)15-9-10-17(21)19(12-11-15)16(13-20)14-7-5-4-6-8-14/h2*14-16,20H,4-13H2,1-3H3/t2*15-,16-/m00/s1. The molecule has 0 bridgehead atoms. The summed E-state index contributed by atoms with van der Waals surface area (Å²) < 4.78 is 0. The van der Waals surface area contributed by atoms with Crippen molar-refractivity contribution in [3.05, 3.63) is 0 Å². The number of hydrogen-bond donors (Lipinski definition) is 2. The summed E-state index contributed by atoms with van der Waals surface area (Å²) in [4.78, 5) is 29.1.